The van der Waals surface area contributed by atoms with Crippen molar-refractivity contribution in [3.8, 4) is 0 Å². The highest BCUT2D eigenvalue weighted by atomic mass is 16.2. The van der Waals surface area contributed by atoms with Crippen LogP contribution < -0.4 is 5.32 Å². The van der Waals surface area contributed by atoms with E-state index in [9.17, 15) is 4.79 Å². The van der Waals surface area contributed by atoms with E-state index in [0.29, 0.717) is 13.0 Å². The molecule has 2 fully saturated rings. The van der Waals surface area contributed by atoms with Gasteiger partial charge in [0.25, 0.3) is 0 Å². The number of aliphatic imine (C=N–C) groups is 1. The van der Waals surface area contributed by atoms with Crippen molar-refractivity contribution in [2.24, 2.45) is 10.9 Å². The van der Waals surface area contributed by atoms with E-state index < -0.39 is 0 Å². The van der Waals surface area contributed by atoms with Gasteiger partial charge in [0.1, 0.15) is 0 Å². The smallest absolute Gasteiger partial charge is 0.223 e. The van der Waals surface area contributed by atoms with E-state index in [-0.39, 0.29) is 5.91 Å². The highest BCUT2D eigenvalue weighted by Crippen LogP contribution is 2.23. The zero-order valence-corrected chi connectivity index (χ0v) is 18.5. The van der Waals surface area contributed by atoms with Crippen LogP contribution in [0.15, 0.2) is 29.3 Å². The number of nitrogens with zero attached hydrogens (tertiary/aromatic N) is 4. The van der Waals surface area contributed by atoms with Gasteiger partial charge in [0.05, 0.1) is 0 Å². The van der Waals surface area contributed by atoms with E-state index in [2.05, 4.69) is 46.3 Å². The topological polar surface area (TPSA) is 51.2 Å². The molecule has 6 heteroatoms. The Balaban J connectivity index is 1.21. The highest BCUT2D eigenvalue weighted by molar-refractivity contribution is 5.80. The molecule has 0 saturated carbocycles. The van der Waals surface area contributed by atoms with Crippen LogP contribution in [0.1, 0.15) is 50.2 Å². The third-order valence-electron chi connectivity index (χ3n) is 6.64. The quantitative estimate of drug-likeness (QED) is 0.426. The van der Waals surface area contributed by atoms with Crippen molar-refractivity contribution in [1.82, 2.24) is 20.0 Å². The number of rotatable bonds is 7. The fraction of sp³-hybridized carbons (Fsp3) is 0.667. The molecule has 6 nitrogen and oxygen atoms in total. The molecule has 1 aromatic carbocycles. The lowest BCUT2D eigenvalue weighted by molar-refractivity contribution is -0.131. The number of carbonyl (C=O) groups excluding carboxylic acids is 1. The maximum Gasteiger partial charge on any atom is 0.223 e. The lowest BCUT2D eigenvalue weighted by Crippen LogP contribution is -2.40. The largest absolute Gasteiger partial charge is 0.357 e. The molecule has 0 aromatic heterocycles. The van der Waals surface area contributed by atoms with E-state index in [0.717, 1.165) is 51.0 Å². The van der Waals surface area contributed by atoms with Gasteiger partial charge >= 0.3 is 0 Å². The molecule has 1 unspecified atom stereocenters. The van der Waals surface area contributed by atoms with Crippen LogP contribution in [0.2, 0.25) is 0 Å². The number of hydrogen-bond acceptors (Lipinski definition) is 3. The van der Waals surface area contributed by atoms with Gasteiger partial charge in [-0.25, -0.2) is 0 Å². The molecular weight excluding hydrogens is 374 g/mol. The second kappa shape index (κ2) is 10.3. The van der Waals surface area contributed by atoms with Crippen molar-refractivity contribution < 1.29 is 4.79 Å². The van der Waals surface area contributed by atoms with Gasteiger partial charge < -0.3 is 20.0 Å². The lowest BCUT2D eigenvalue weighted by atomic mass is 10.1. The average Bonchev–Trinajstić information content (AvgIpc) is 3.51. The summed E-state index contributed by atoms with van der Waals surface area (Å²) in [5, 5.41) is 3.46. The monoisotopic (exact) mass is 411 g/mol. The third-order valence-corrected chi connectivity index (χ3v) is 6.64. The molecule has 2 saturated heterocycles. The fourth-order valence-corrected chi connectivity index (χ4v) is 5.01. The molecule has 0 bridgehead atoms. The number of likely N-dealkylation sites (tertiary alicyclic amines) is 2. The summed E-state index contributed by atoms with van der Waals surface area (Å²) in [5.41, 5.74) is 2.58. The molecule has 4 rings (SSSR count). The Morgan fingerprint density at radius 3 is 2.53 bits per heavy atom. The zero-order valence-electron chi connectivity index (χ0n) is 18.5. The van der Waals surface area contributed by atoms with Crippen LogP contribution in [0.3, 0.4) is 0 Å². The van der Waals surface area contributed by atoms with Gasteiger partial charge in [-0.05, 0) is 62.7 Å². The second-order valence-electron chi connectivity index (χ2n) is 8.97. The van der Waals surface area contributed by atoms with E-state index in [1.807, 2.05) is 4.90 Å². The Kier molecular flexibility index (Phi) is 7.26. The number of nitrogens with one attached hydrogen (secondary N) is 1. The van der Waals surface area contributed by atoms with Crippen LogP contribution >= 0.6 is 0 Å². The van der Waals surface area contributed by atoms with Crippen molar-refractivity contribution in [3.63, 3.8) is 0 Å². The van der Waals surface area contributed by atoms with Gasteiger partial charge in [-0.2, -0.15) is 0 Å². The normalized spacial score (nSPS) is 22.0. The Hall–Kier alpha value is -2.08. The maximum absolute atomic E-state index is 12.6. The van der Waals surface area contributed by atoms with E-state index in [4.69, 9.17) is 4.99 Å². The minimum Gasteiger partial charge on any atom is -0.357 e. The van der Waals surface area contributed by atoms with Crippen LogP contribution in [0.5, 0.6) is 0 Å². The summed E-state index contributed by atoms with van der Waals surface area (Å²) in [6, 6.07) is 8.36. The first-order valence-corrected chi connectivity index (χ1v) is 11.8. The SMILES string of the molecule is CCNC(=NCCCC(=O)N1Cc2ccccc2C1)N1CCC(CN2CCCC2)C1. The second-order valence-corrected chi connectivity index (χ2v) is 8.97. The molecule has 1 N–H and O–H groups in total. The Labute approximate surface area is 181 Å². The predicted molar refractivity (Wildman–Crippen MR) is 121 cm³/mol. The molecule has 0 radical (unpaired) electrons. The molecule has 1 amide bonds. The molecule has 30 heavy (non-hydrogen) atoms. The molecule has 0 spiro atoms. The van der Waals surface area contributed by atoms with Crippen molar-refractivity contribution in [2.75, 3.05) is 45.8 Å². The molecular formula is C24H37N5O. The minimum atomic E-state index is 0.248. The number of amides is 1. The first-order valence-electron chi connectivity index (χ1n) is 11.8. The summed E-state index contributed by atoms with van der Waals surface area (Å²) < 4.78 is 0. The Morgan fingerprint density at radius 1 is 1.10 bits per heavy atom. The van der Waals surface area contributed by atoms with E-state index in [1.165, 1.54) is 50.0 Å². The summed E-state index contributed by atoms with van der Waals surface area (Å²) in [6.07, 6.45) is 5.38. The first kappa shape index (κ1) is 21.2. The number of guanidine groups is 1. The summed E-state index contributed by atoms with van der Waals surface area (Å²) in [7, 11) is 0. The fourth-order valence-electron chi connectivity index (χ4n) is 5.01. The van der Waals surface area contributed by atoms with Crippen LogP contribution in [0.25, 0.3) is 0 Å². The van der Waals surface area contributed by atoms with Crippen LogP contribution in [-0.4, -0.2) is 72.4 Å². The molecule has 0 aliphatic carbocycles. The van der Waals surface area contributed by atoms with Gasteiger partial charge in [-0.3, -0.25) is 9.79 Å². The van der Waals surface area contributed by atoms with E-state index in [1.54, 1.807) is 0 Å². The zero-order chi connectivity index (χ0) is 20.8. The Bertz CT molecular complexity index is 718. The van der Waals surface area contributed by atoms with Crippen molar-refractivity contribution in [1.29, 1.82) is 0 Å². The Morgan fingerprint density at radius 2 is 1.83 bits per heavy atom. The standard InChI is InChI=1S/C24H37N5O/c1-2-25-24(28-15-11-20(17-28)16-27-13-5-6-14-27)26-12-7-10-23(30)29-18-21-8-3-4-9-22(21)19-29/h3-4,8-9,20H,2,5-7,10-19H2,1H3,(H,25,26). The molecule has 3 heterocycles. The number of carbonyl (C=O) groups is 1. The van der Waals surface area contributed by atoms with Crippen molar-refractivity contribution in [2.45, 2.75) is 52.1 Å². The average molecular weight is 412 g/mol. The molecule has 1 aromatic rings. The van der Waals surface area contributed by atoms with Gasteiger partial charge in [-0.15, -0.1) is 0 Å². The van der Waals surface area contributed by atoms with Crippen LogP contribution in [-0.2, 0) is 17.9 Å². The van der Waals surface area contributed by atoms with Gasteiger partial charge in [0, 0.05) is 52.2 Å². The molecule has 1 atom stereocenters. The summed E-state index contributed by atoms with van der Waals surface area (Å²) >= 11 is 0. The van der Waals surface area contributed by atoms with Gasteiger partial charge in [-0.1, -0.05) is 24.3 Å². The highest BCUT2D eigenvalue weighted by Gasteiger charge is 2.27. The third kappa shape index (κ3) is 5.34. The molecule has 164 valence electrons. The maximum atomic E-state index is 12.6. The first-order chi connectivity index (χ1) is 14.7. The summed E-state index contributed by atoms with van der Waals surface area (Å²) in [4.78, 5) is 24.5. The summed E-state index contributed by atoms with van der Waals surface area (Å²) in [5.74, 6) is 2.03. The molecule has 3 aliphatic heterocycles. The molecule has 3 aliphatic rings. The van der Waals surface area contributed by atoms with Crippen LogP contribution in [0.4, 0.5) is 0 Å². The lowest BCUT2D eigenvalue weighted by Gasteiger charge is -2.23. The minimum absolute atomic E-state index is 0.248. The van der Waals surface area contributed by atoms with Gasteiger partial charge in [0.2, 0.25) is 5.91 Å². The van der Waals surface area contributed by atoms with E-state index >= 15 is 0 Å². The summed E-state index contributed by atoms with van der Waals surface area (Å²) in [6.45, 7) is 11.2. The van der Waals surface area contributed by atoms with Crippen LogP contribution in [0, 0.1) is 5.92 Å². The number of hydrogen-bond donors (Lipinski definition) is 1. The van der Waals surface area contributed by atoms with Gasteiger partial charge in [0.15, 0.2) is 5.96 Å². The van der Waals surface area contributed by atoms with Crippen molar-refractivity contribution >= 4 is 11.9 Å². The number of fused-ring (bicyclic) bond motifs is 1. The predicted octanol–water partition coefficient (Wildman–Crippen LogP) is 2.69. The number of benzene rings is 1. The van der Waals surface area contributed by atoms with Crippen molar-refractivity contribution in [3.05, 3.63) is 35.4 Å².